The van der Waals surface area contributed by atoms with Gasteiger partial charge in [0, 0.05) is 17.3 Å². The van der Waals surface area contributed by atoms with Crippen LogP contribution in [0.4, 0.5) is 5.82 Å². The maximum absolute atomic E-state index is 10.4. The molecule has 0 fully saturated rings. The number of hydrogen-bond donors (Lipinski definition) is 3. The molecule has 112 valence electrons. The van der Waals surface area contributed by atoms with Gasteiger partial charge >= 0.3 is 0 Å². The molecular formula is C17H23N3O. The van der Waals surface area contributed by atoms with Crippen molar-refractivity contribution in [1.29, 1.82) is 0 Å². The molecule has 2 unspecified atom stereocenters. The molecule has 0 bridgehead atoms. The Labute approximate surface area is 125 Å². The highest BCUT2D eigenvalue weighted by Gasteiger charge is 2.29. The van der Waals surface area contributed by atoms with Crippen LogP contribution in [0.1, 0.15) is 37.0 Å². The van der Waals surface area contributed by atoms with Gasteiger partial charge in [-0.25, -0.2) is 4.98 Å². The number of anilines is 1. The third-order valence-corrected chi connectivity index (χ3v) is 3.77. The fourth-order valence-electron chi connectivity index (χ4n) is 2.41. The number of benzene rings is 1. The number of rotatable bonds is 6. The lowest BCUT2D eigenvalue weighted by atomic mass is 9.86. The Kier molecular flexibility index (Phi) is 4.94. The van der Waals surface area contributed by atoms with Crippen LogP contribution >= 0.6 is 0 Å². The van der Waals surface area contributed by atoms with Crippen LogP contribution in [-0.2, 0) is 6.42 Å². The molecule has 2 aromatic rings. The lowest BCUT2D eigenvalue weighted by molar-refractivity contribution is 0.0871. The van der Waals surface area contributed by atoms with Crippen LogP contribution in [0.5, 0.6) is 0 Å². The third-order valence-electron chi connectivity index (χ3n) is 3.77. The van der Waals surface area contributed by atoms with E-state index < -0.39 is 11.6 Å². The summed E-state index contributed by atoms with van der Waals surface area (Å²) in [6.07, 6.45) is 3.45. The average molecular weight is 285 g/mol. The Morgan fingerprint density at radius 3 is 2.52 bits per heavy atom. The van der Waals surface area contributed by atoms with E-state index in [0.717, 1.165) is 19.3 Å². The average Bonchev–Trinajstić information content (AvgIpc) is 2.48. The first kappa shape index (κ1) is 15.5. The van der Waals surface area contributed by atoms with E-state index in [-0.39, 0.29) is 0 Å². The molecule has 0 amide bonds. The predicted molar refractivity (Wildman–Crippen MR) is 85.6 cm³/mol. The minimum absolute atomic E-state index is 0.439. The molecule has 0 aliphatic heterocycles. The van der Waals surface area contributed by atoms with Crippen LogP contribution in [-0.4, -0.2) is 15.6 Å². The zero-order valence-electron chi connectivity index (χ0n) is 12.4. The van der Waals surface area contributed by atoms with E-state index in [1.807, 2.05) is 25.1 Å². The van der Waals surface area contributed by atoms with E-state index in [1.54, 1.807) is 18.3 Å². The Balaban J connectivity index is 1.92. The van der Waals surface area contributed by atoms with Gasteiger partial charge in [0.1, 0.15) is 5.82 Å². The lowest BCUT2D eigenvalue weighted by Crippen LogP contribution is -2.42. The van der Waals surface area contributed by atoms with Crippen molar-refractivity contribution in [1.82, 2.24) is 4.98 Å². The number of nitrogen functional groups attached to an aromatic ring is 1. The molecule has 1 heterocycles. The van der Waals surface area contributed by atoms with E-state index >= 15 is 0 Å². The molecule has 0 radical (unpaired) electrons. The minimum Gasteiger partial charge on any atom is -0.386 e. The number of nitrogens with zero attached hydrogens (tertiary/aromatic N) is 1. The molecule has 1 aromatic heterocycles. The molecule has 0 aliphatic rings. The second-order valence-corrected chi connectivity index (χ2v) is 5.76. The minimum atomic E-state index is -0.749. The first-order valence-corrected chi connectivity index (χ1v) is 7.21. The standard InChI is InChI=1S/C17H23N3O/c1-17(19,11-5-8-13-6-3-2-4-7-13)16(21)14-9-10-15(18)20-12-14/h2-4,6-7,9-10,12,16,21H,5,8,11,19H2,1H3,(H2,18,20). The van der Waals surface area contributed by atoms with Crippen molar-refractivity contribution < 1.29 is 5.11 Å². The highest BCUT2D eigenvalue weighted by Crippen LogP contribution is 2.28. The second-order valence-electron chi connectivity index (χ2n) is 5.76. The molecule has 1 aromatic carbocycles. The van der Waals surface area contributed by atoms with Gasteiger partial charge < -0.3 is 16.6 Å². The van der Waals surface area contributed by atoms with Gasteiger partial charge in [-0.15, -0.1) is 0 Å². The number of aliphatic hydroxyl groups is 1. The molecule has 2 rings (SSSR count). The Morgan fingerprint density at radius 2 is 1.90 bits per heavy atom. The van der Waals surface area contributed by atoms with E-state index in [2.05, 4.69) is 17.1 Å². The lowest BCUT2D eigenvalue weighted by Gasteiger charge is -2.30. The zero-order valence-corrected chi connectivity index (χ0v) is 12.4. The van der Waals surface area contributed by atoms with Crippen molar-refractivity contribution in [3.05, 3.63) is 59.8 Å². The third kappa shape index (κ3) is 4.28. The van der Waals surface area contributed by atoms with Crippen LogP contribution in [0.2, 0.25) is 0 Å². The predicted octanol–water partition coefficient (Wildman–Crippen LogP) is 2.44. The van der Waals surface area contributed by atoms with E-state index in [1.165, 1.54) is 5.56 Å². The number of aryl methyl sites for hydroxylation is 1. The van der Waals surface area contributed by atoms with Gasteiger partial charge in [-0.05, 0) is 37.8 Å². The van der Waals surface area contributed by atoms with Crippen molar-refractivity contribution in [2.45, 2.75) is 37.8 Å². The Hall–Kier alpha value is -1.91. The Morgan fingerprint density at radius 1 is 1.19 bits per heavy atom. The summed E-state index contributed by atoms with van der Waals surface area (Å²) in [6.45, 7) is 1.87. The summed E-state index contributed by atoms with van der Waals surface area (Å²) in [5.74, 6) is 0.439. The molecule has 21 heavy (non-hydrogen) atoms. The van der Waals surface area contributed by atoms with E-state index in [0.29, 0.717) is 11.4 Å². The van der Waals surface area contributed by atoms with Gasteiger partial charge in [0.2, 0.25) is 0 Å². The van der Waals surface area contributed by atoms with Crippen LogP contribution < -0.4 is 11.5 Å². The number of hydrogen-bond acceptors (Lipinski definition) is 4. The topological polar surface area (TPSA) is 85.2 Å². The molecule has 5 N–H and O–H groups in total. The first-order chi connectivity index (χ1) is 9.99. The van der Waals surface area contributed by atoms with Crippen LogP contribution in [0.3, 0.4) is 0 Å². The maximum Gasteiger partial charge on any atom is 0.123 e. The smallest absolute Gasteiger partial charge is 0.123 e. The molecule has 0 saturated carbocycles. The number of aliphatic hydroxyl groups excluding tert-OH is 1. The van der Waals surface area contributed by atoms with E-state index in [9.17, 15) is 5.11 Å². The SMILES string of the molecule is CC(N)(CCCc1ccccc1)C(O)c1ccc(N)nc1. The zero-order chi connectivity index (χ0) is 15.3. The highest BCUT2D eigenvalue weighted by atomic mass is 16.3. The molecular weight excluding hydrogens is 262 g/mol. The summed E-state index contributed by atoms with van der Waals surface area (Å²) in [6, 6.07) is 13.7. The largest absolute Gasteiger partial charge is 0.386 e. The van der Waals surface area contributed by atoms with Crippen molar-refractivity contribution in [3.63, 3.8) is 0 Å². The molecule has 0 saturated heterocycles. The summed E-state index contributed by atoms with van der Waals surface area (Å²) >= 11 is 0. The summed E-state index contributed by atoms with van der Waals surface area (Å²) in [7, 11) is 0. The van der Waals surface area contributed by atoms with Gasteiger partial charge in [-0.3, -0.25) is 0 Å². The number of aromatic nitrogens is 1. The fourth-order valence-corrected chi connectivity index (χ4v) is 2.41. The van der Waals surface area contributed by atoms with Gasteiger partial charge in [0.25, 0.3) is 0 Å². The number of nitrogens with two attached hydrogens (primary N) is 2. The molecule has 0 aliphatic carbocycles. The first-order valence-electron chi connectivity index (χ1n) is 7.21. The fraction of sp³-hybridized carbons (Fsp3) is 0.353. The second kappa shape index (κ2) is 6.70. The Bertz CT molecular complexity index is 552. The van der Waals surface area contributed by atoms with Gasteiger partial charge in [-0.1, -0.05) is 36.4 Å². The van der Waals surface area contributed by atoms with Crippen molar-refractivity contribution in [2.24, 2.45) is 5.73 Å². The van der Waals surface area contributed by atoms with Gasteiger partial charge in [0.05, 0.1) is 6.10 Å². The molecule has 4 nitrogen and oxygen atoms in total. The summed E-state index contributed by atoms with van der Waals surface area (Å²) < 4.78 is 0. The number of pyridine rings is 1. The quantitative estimate of drug-likeness (QED) is 0.761. The van der Waals surface area contributed by atoms with Gasteiger partial charge in [-0.2, -0.15) is 0 Å². The summed E-state index contributed by atoms with van der Waals surface area (Å²) in [4.78, 5) is 4.00. The van der Waals surface area contributed by atoms with E-state index in [4.69, 9.17) is 11.5 Å². The molecule has 2 atom stereocenters. The monoisotopic (exact) mass is 285 g/mol. The van der Waals surface area contributed by atoms with Crippen LogP contribution in [0, 0.1) is 0 Å². The van der Waals surface area contributed by atoms with Crippen molar-refractivity contribution >= 4 is 5.82 Å². The van der Waals surface area contributed by atoms with Crippen molar-refractivity contribution in [3.8, 4) is 0 Å². The van der Waals surface area contributed by atoms with Crippen molar-refractivity contribution in [2.75, 3.05) is 5.73 Å². The van der Waals surface area contributed by atoms with Gasteiger partial charge in [0.15, 0.2) is 0 Å². The molecule has 0 spiro atoms. The summed E-state index contributed by atoms with van der Waals surface area (Å²) in [5.41, 5.74) is 13.1. The van der Waals surface area contributed by atoms with Crippen LogP contribution in [0.15, 0.2) is 48.7 Å². The maximum atomic E-state index is 10.4. The highest BCUT2D eigenvalue weighted by molar-refractivity contribution is 5.31. The van der Waals surface area contributed by atoms with Crippen LogP contribution in [0.25, 0.3) is 0 Å². The summed E-state index contributed by atoms with van der Waals surface area (Å²) in [5, 5.41) is 10.4. The molecule has 4 heteroatoms. The normalized spacial score (nSPS) is 15.4.